The third-order valence-corrected chi connectivity index (χ3v) is 5.73. The van der Waals surface area contributed by atoms with Crippen molar-refractivity contribution in [2.24, 2.45) is 0 Å². The topological polar surface area (TPSA) is 49.6 Å². The number of hydrogen-bond acceptors (Lipinski definition) is 4. The number of aromatic nitrogens is 1. The van der Waals surface area contributed by atoms with E-state index in [1.54, 1.807) is 0 Å². The fourth-order valence-electron chi connectivity index (χ4n) is 3.91. The fraction of sp³-hybridized carbons (Fsp3) is 0.391. The molecule has 0 N–H and O–H groups in total. The molecule has 1 aliphatic rings. The van der Waals surface area contributed by atoms with Gasteiger partial charge in [0.25, 0.3) is 0 Å². The van der Waals surface area contributed by atoms with E-state index in [9.17, 15) is 4.79 Å². The molecule has 1 aliphatic heterocycles. The summed E-state index contributed by atoms with van der Waals surface area (Å²) < 4.78 is 5.26. The summed E-state index contributed by atoms with van der Waals surface area (Å²) in [5.41, 5.74) is 3.37. The second kappa shape index (κ2) is 8.15. The Labute approximate surface area is 165 Å². The number of aryl methyl sites for hydroxylation is 3. The van der Waals surface area contributed by atoms with Crippen LogP contribution in [0.4, 0.5) is 0 Å². The molecule has 4 rings (SSSR count). The highest BCUT2D eigenvalue weighted by molar-refractivity contribution is 5.83. The molecule has 1 aromatic heterocycles. The van der Waals surface area contributed by atoms with Gasteiger partial charge in [-0.1, -0.05) is 47.6 Å². The van der Waals surface area contributed by atoms with Gasteiger partial charge in [-0.05, 0) is 36.6 Å². The summed E-state index contributed by atoms with van der Waals surface area (Å²) in [4.78, 5) is 17.0. The number of amides is 1. The summed E-state index contributed by atoms with van der Waals surface area (Å²) >= 11 is 0. The molecule has 5 nitrogen and oxygen atoms in total. The maximum absolute atomic E-state index is 12.6. The van der Waals surface area contributed by atoms with E-state index >= 15 is 0 Å². The van der Waals surface area contributed by atoms with Gasteiger partial charge in [-0.15, -0.1) is 0 Å². The molecular formula is C23H27N3O2. The molecule has 5 heteroatoms. The van der Waals surface area contributed by atoms with Crippen LogP contribution in [-0.2, 0) is 17.8 Å². The highest BCUT2D eigenvalue weighted by Crippen LogP contribution is 2.18. The first kappa shape index (κ1) is 18.7. The van der Waals surface area contributed by atoms with Crippen molar-refractivity contribution in [3.63, 3.8) is 0 Å². The van der Waals surface area contributed by atoms with Gasteiger partial charge in [0.2, 0.25) is 5.91 Å². The average Bonchev–Trinajstić information content (AvgIpc) is 3.04. The second-order valence-corrected chi connectivity index (χ2v) is 7.64. The minimum Gasteiger partial charge on any atom is -0.361 e. The summed E-state index contributed by atoms with van der Waals surface area (Å²) in [5, 5.41) is 6.51. The molecule has 28 heavy (non-hydrogen) atoms. The quantitative estimate of drug-likeness (QED) is 0.680. The first-order valence-corrected chi connectivity index (χ1v) is 10.00. The van der Waals surface area contributed by atoms with Gasteiger partial charge in [0.05, 0.1) is 5.69 Å². The van der Waals surface area contributed by atoms with E-state index in [4.69, 9.17) is 4.52 Å². The molecule has 0 saturated carbocycles. The van der Waals surface area contributed by atoms with Crippen molar-refractivity contribution in [3.05, 3.63) is 65.0 Å². The van der Waals surface area contributed by atoms with Crippen molar-refractivity contribution in [3.8, 4) is 0 Å². The van der Waals surface area contributed by atoms with Gasteiger partial charge in [0.1, 0.15) is 5.76 Å². The van der Waals surface area contributed by atoms with Crippen LogP contribution in [-0.4, -0.2) is 47.0 Å². The molecule has 0 bridgehead atoms. The van der Waals surface area contributed by atoms with Gasteiger partial charge in [-0.25, -0.2) is 0 Å². The fourth-order valence-corrected chi connectivity index (χ4v) is 3.91. The van der Waals surface area contributed by atoms with Gasteiger partial charge in [0, 0.05) is 44.7 Å². The minimum absolute atomic E-state index is 0.255. The predicted octanol–water partition coefficient (Wildman–Crippen LogP) is 3.72. The van der Waals surface area contributed by atoms with Gasteiger partial charge in [0.15, 0.2) is 0 Å². The highest BCUT2D eigenvalue weighted by Gasteiger charge is 2.22. The van der Waals surface area contributed by atoms with Crippen molar-refractivity contribution >= 4 is 16.7 Å². The number of piperazine rings is 1. The number of fused-ring (bicyclic) bond motifs is 1. The van der Waals surface area contributed by atoms with Crippen molar-refractivity contribution in [2.45, 2.75) is 33.2 Å². The number of rotatable bonds is 5. The zero-order valence-corrected chi connectivity index (χ0v) is 16.6. The Balaban J connectivity index is 1.28. The van der Waals surface area contributed by atoms with Crippen LogP contribution in [0.1, 0.15) is 29.0 Å². The Morgan fingerprint density at radius 1 is 1.04 bits per heavy atom. The predicted molar refractivity (Wildman–Crippen MR) is 110 cm³/mol. The summed E-state index contributed by atoms with van der Waals surface area (Å²) in [6.45, 7) is 8.16. The Bertz CT molecular complexity index is 951. The monoisotopic (exact) mass is 377 g/mol. The summed E-state index contributed by atoms with van der Waals surface area (Å²) in [7, 11) is 0. The smallest absolute Gasteiger partial charge is 0.222 e. The lowest BCUT2D eigenvalue weighted by molar-refractivity contribution is -0.133. The Morgan fingerprint density at radius 2 is 1.79 bits per heavy atom. The highest BCUT2D eigenvalue weighted by atomic mass is 16.5. The van der Waals surface area contributed by atoms with Gasteiger partial charge >= 0.3 is 0 Å². The van der Waals surface area contributed by atoms with Crippen LogP contribution in [0.3, 0.4) is 0 Å². The van der Waals surface area contributed by atoms with E-state index < -0.39 is 0 Å². The molecular weight excluding hydrogens is 350 g/mol. The van der Waals surface area contributed by atoms with E-state index in [1.165, 1.54) is 21.9 Å². The largest absolute Gasteiger partial charge is 0.361 e. The summed E-state index contributed by atoms with van der Waals surface area (Å²) in [5.74, 6) is 1.15. The molecule has 0 atom stereocenters. The van der Waals surface area contributed by atoms with Crippen molar-refractivity contribution < 1.29 is 9.32 Å². The molecule has 0 aliphatic carbocycles. The van der Waals surface area contributed by atoms with Gasteiger partial charge in [-0.3, -0.25) is 9.69 Å². The molecule has 3 aromatic rings. The lowest BCUT2D eigenvalue weighted by Gasteiger charge is -2.34. The van der Waals surface area contributed by atoms with E-state index in [1.807, 2.05) is 18.7 Å². The Kier molecular flexibility index (Phi) is 5.44. The van der Waals surface area contributed by atoms with Gasteiger partial charge in [-0.2, -0.15) is 0 Å². The maximum atomic E-state index is 12.6. The molecule has 1 saturated heterocycles. The van der Waals surface area contributed by atoms with E-state index in [-0.39, 0.29) is 5.91 Å². The van der Waals surface area contributed by atoms with E-state index in [2.05, 4.69) is 52.5 Å². The Hall–Kier alpha value is -2.66. The van der Waals surface area contributed by atoms with E-state index in [0.717, 1.165) is 50.6 Å². The summed E-state index contributed by atoms with van der Waals surface area (Å²) in [6.07, 6.45) is 1.37. The third-order valence-electron chi connectivity index (χ3n) is 5.73. The van der Waals surface area contributed by atoms with Crippen LogP contribution in [0.5, 0.6) is 0 Å². The van der Waals surface area contributed by atoms with Crippen molar-refractivity contribution in [1.82, 2.24) is 15.0 Å². The first-order valence-electron chi connectivity index (χ1n) is 10.00. The molecule has 2 heterocycles. The second-order valence-electron chi connectivity index (χ2n) is 7.64. The number of carbonyl (C=O) groups excluding carboxylic acids is 1. The van der Waals surface area contributed by atoms with Crippen LogP contribution in [0.15, 0.2) is 47.0 Å². The van der Waals surface area contributed by atoms with E-state index in [0.29, 0.717) is 6.42 Å². The molecule has 2 aromatic carbocycles. The van der Waals surface area contributed by atoms with Crippen LogP contribution in [0.2, 0.25) is 0 Å². The van der Waals surface area contributed by atoms with Crippen LogP contribution >= 0.6 is 0 Å². The minimum atomic E-state index is 0.255. The van der Waals surface area contributed by atoms with Crippen LogP contribution < -0.4 is 0 Å². The third kappa shape index (κ3) is 4.09. The average molecular weight is 377 g/mol. The lowest BCUT2D eigenvalue weighted by atomic mass is 10.0. The van der Waals surface area contributed by atoms with Gasteiger partial charge < -0.3 is 9.42 Å². The number of benzene rings is 2. The van der Waals surface area contributed by atoms with Crippen LogP contribution in [0, 0.1) is 13.8 Å². The zero-order valence-electron chi connectivity index (χ0n) is 16.6. The zero-order chi connectivity index (χ0) is 19.5. The lowest BCUT2D eigenvalue weighted by Crippen LogP contribution is -2.48. The number of nitrogens with zero attached hydrogens (tertiary/aromatic N) is 3. The molecule has 146 valence electrons. The molecule has 0 radical (unpaired) electrons. The number of carbonyl (C=O) groups is 1. The standard InChI is InChI=1S/C23H27N3O2/c1-17-22(18(2)28-24-17)16-25-11-13-26(14-12-25)23(27)10-8-19-7-9-20-5-3-4-6-21(20)15-19/h3-7,9,15H,8,10-14,16H2,1-2H3. The molecule has 0 unspecified atom stereocenters. The first-order chi connectivity index (χ1) is 13.6. The van der Waals surface area contributed by atoms with Crippen LogP contribution in [0.25, 0.3) is 10.8 Å². The number of hydrogen-bond donors (Lipinski definition) is 0. The van der Waals surface area contributed by atoms with Crippen molar-refractivity contribution in [1.29, 1.82) is 0 Å². The molecule has 1 fully saturated rings. The normalized spacial score (nSPS) is 15.3. The van der Waals surface area contributed by atoms with Crippen molar-refractivity contribution in [2.75, 3.05) is 26.2 Å². The maximum Gasteiger partial charge on any atom is 0.222 e. The Morgan fingerprint density at radius 3 is 2.50 bits per heavy atom. The molecule has 1 amide bonds. The summed E-state index contributed by atoms with van der Waals surface area (Å²) in [6, 6.07) is 14.8. The SMILES string of the molecule is Cc1noc(C)c1CN1CCN(C(=O)CCc2ccc3ccccc3c2)CC1. The molecule has 0 spiro atoms.